The van der Waals surface area contributed by atoms with Crippen LogP contribution in [0, 0.1) is 6.92 Å². The van der Waals surface area contributed by atoms with Crippen LogP contribution in [-0.2, 0) is 6.54 Å². The van der Waals surface area contributed by atoms with Gasteiger partial charge in [-0.2, -0.15) is 5.10 Å². The normalized spacial score (nSPS) is 15.7. The minimum absolute atomic E-state index is 0.509. The van der Waals surface area contributed by atoms with Gasteiger partial charge in [-0.15, -0.1) is 0 Å². The van der Waals surface area contributed by atoms with Crippen LogP contribution in [0.1, 0.15) is 49.7 Å². The highest BCUT2D eigenvalue weighted by atomic mass is 32.1. The Morgan fingerprint density at radius 2 is 1.96 bits per heavy atom. The molecule has 0 saturated heterocycles. The first-order valence-corrected chi connectivity index (χ1v) is 9.26. The summed E-state index contributed by atoms with van der Waals surface area (Å²) in [7, 11) is 0. The van der Waals surface area contributed by atoms with E-state index in [1.807, 2.05) is 17.1 Å². The molecule has 0 aliphatic heterocycles. The lowest BCUT2D eigenvalue weighted by Gasteiger charge is -2.18. The summed E-state index contributed by atoms with van der Waals surface area (Å²) >= 11 is 5.46. The van der Waals surface area contributed by atoms with Gasteiger partial charge in [-0.3, -0.25) is 4.68 Å². The molecule has 1 aliphatic carbocycles. The molecule has 1 heterocycles. The fourth-order valence-electron chi connectivity index (χ4n) is 3.25. The molecule has 128 valence electrons. The number of hydrogen-bond acceptors (Lipinski definition) is 2. The summed E-state index contributed by atoms with van der Waals surface area (Å²) in [6, 6.07) is 8.91. The number of aryl methyl sites for hydroxylation is 1. The maximum Gasteiger partial charge on any atom is 0.171 e. The van der Waals surface area contributed by atoms with Crippen LogP contribution in [0.25, 0.3) is 0 Å². The molecule has 5 heteroatoms. The van der Waals surface area contributed by atoms with E-state index in [1.54, 1.807) is 0 Å². The van der Waals surface area contributed by atoms with Crippen LogP contribution in [0.2, 0.25) is 0 Å². The van der Waals surface area contributed by atoms with Crippen molar-refractivity contribution in [1.82, 2.24) is 15.1 Å². The second-order valence-electron chi connectivity index (χ2n) is 6.64. The molecule has 0 spiro atoms. The third-order valence-electron chi connectivity index (χ3n) is 4.68. The summed E-state index contributed by atoms with van der Waals surface area (Å²) in [5.74, 6) is 0. The van der Waals surface area contributed by atoms with Crippen molar-refractivity contribution in [2.75, 3.05) is 5.32 Å². The zero-order chi connectivity index (χ0) is 16.8. The van der Waals surface area contributed by atoms with Crippen molar-refractivity contribution < 1.29 is 0 Å². The van der Waals surface area contributed by atoms with Crippen molar-refractivity contribution >= 4 is 23.0 Å². The maximum atomic E-state index is 5.46. The van der Waals surface area contributed by atoms with Crippen molar-refractivity contribution in [1.29, 1.82) is 0 Å². The molecule has 1 aromatic carbocycles. The summed E-state index contributed by atoms with van der Waals surface area (Å²) in [4.78, 5) is 0. The highest BCUT2D eigenvalue weighted by Gasteiger charge is 2.13. The molecule has 4 nitrogen and oxygen atoms in total. The molecular formula is C19H26N4S. The van der Waals surface area contributed by atoms with Gasteiger partial charge in [-0.25, -0.2) is 0 Å². The predicted octanol–water partition coefficient (Wildman–Crippen LogP) is 4.25. The van der Waals surface area contributed by atoms with E-state index in [4.69, 9.17) is 12.2 Å². The Bertz CT molecular complexity index is 672. The zero-order valence-electron chi connectivity index (χ0n) is 14.3. The first kappa shape index (κ1) is 17.0. The Hall–Kier alpha value is -1.88. The van der Waals surface area contributed by atoms with Gasteiger partial charge in [-0.1, -0.05) is 49.9 Å². The van der Waals surface area contributed by atoms with E-state index in [2.05, 4.69) is 46.9 Å². The smallest absolute Gasteiger partial charge is 0.171 e. The van der Waals surface area contributed by atoms with E-state index in [0.717, 1.165) is 12.2 Å². The summed E-state index contributed by atoms with van der Waals surface area (Å²) in [6.45, 7) is 2.90. The van der Waals surface area contributed by atoms with Crippen LogP contribution in [0.5, 0.6) is 0 Å². The number of nitrogens with one attached hydrogen (secondary N) is 2. The van der Waals surface area contributed by atoms with Crippen molar-refractivity contribution in [3.8, 4) is 0 Å². The summed E-state index contributed by atoms with van der Waals surface area (Å²) in [5.41, 5.74) is 3.51. The van der Waals surface area contributed by atoms with Gasteiger partial charge in [0, 0.05) is 12.2 Å². The third-order valence-corrected chi connectivity index (χ3v) is 4.90. The summed E-state index contributed by atoms with van der Waals surface area (Å²) in [5, 5.41) is 11.9. The molecule has 2 aromatic rings. The number of hydrogen-bond donors (Lipinski definition) is 2. The van der Waals surface area contributed by atoms with Gasteiger partial charge >= 0.3 is 0 Å². The molecule has 24 heavy (non-hydrogen) atoms. The predicted molar refractivity (Wildman–Crippen MR) is 103 cm³/mol. The molecule has 0 radical (unpaired) electrons. The van der Waals surface area contributed by atoms with Crippen molar-refractivity contribution in [3.63, 3.8) is 0 Å². The van der Waals surface area contributed by atoms with E-state index >= 15 is 0 Å². The number of nitrogens with zero attached hydrogens (tertiary/aromatic N) is 2. The molecule has 1 aromatic heterocycles. The van der Waals surface area contributed by atoms with E-state index in [9.17, 15) is 0 Å². The van der Waals surface area contributed by atoms with E-state index < -0.39 is 0 Å². The lowest BCUT2D eigenvalue weighted by atomic mass is 10.1. The number of rotatable bonds is 4. The lowest BCUT2D eigenvalue weighted by molar-refractivity contribution is 0.535. The molecule has 0 unspecified atom stereocenters. The maximum absolute atomic E-state index is 5.46. The summed E-state index contributed by atoms with van der Waals surface area (Å²) < 4.78 is 1.94. The lowest BCUT2D eigenvalue weighted by Crippen LogP contribution is -2.37. The zero-order valence-corrected chi connectivity index (χ0v) is 15.1. The van der Waals surface area contributed by atoms with Gasteiger partial charge in [0.2, 0.25) is 0 Å². The van der Waals surface area contributed by atoms with Crippen LogP contribution >= 0.6 is 12.2 Å². The van der Waals surface area contributed by atoms with Gasteiger partial charge in [0.25, 0.3) is 0 Å². The van der Waals surface area contributed by atoms with Crippen LogP contribution in [0.4, 0.5) is 5.69 Å². The van der Waals surface area contributed by atoms with Crippen molar-refractivity contribution in [3.05, 3.63) is 47.8 Å². The molecule has 0 bridgehead atoms. The Morgan fingerprint density at radius 1 is 1.21 bits per heavy atom. The minimum atomic E-state index is 0.509. The Morgan fingerprint density at radius 3 is 2.71 bits per heavy atom. The Balaban J connectivity index is 1.53. The van der Waals surface area contributed by atoms with Crippen LogP contribution in [-0.4, -0.2) is 20.9 Å². The van der Waals surface area contributed by atoms with Gasteiger partial charge in [0.15, 0.2) is 5.11 Å². The fourth-order valence-corrected chi connectivity index (χ4v) is 3.54. The third kappa shape index (κ3) is 4.81. The van der Waals surface area contributed by atoms with Crippen LogP contribution in [0.15, 0.2) is 36.7 Å². The number of benzene rings is 1. The van der Waals surface area contributed by atoms with Crippen molar-refractivity contribution in [2.24, 2.45) is 0 Å². The van der Waals surface area contributed by atoms with Gasteiger partial charge in [0.1, 0.15) is 0 Å². The SMILES string of the molecule is Cc1ccccc1Cn1cc(NC(=S)NC2CCCCCC2)cn1. The van der Waals surface area contributed by atoms with Gasteiger partial charge in [0.05, 0.1) is 18.4 Å². The standard InChI is InChI=1S/C19H26N4S/c1-15-8-6-7-9-16(15)13-23-14-18(12-20-23)22-19(24)21-17-10-4-2-3-5-11-17/h6-9,12,14,17H,2-5,10-11,13H2,1H3,(H2,21,22,24). The van der Waals surface area contributed by atoms with Gasteiger partial charge < -0.3 is 10.6 Å². The van der Waals surface area contributed by atoms with Crippen LogP contribution < -0.4 is 10.6 Å². The quantitative estimate of drug-likeness (QED) is 0.644. The highest BCUT2D eigenvalue weighted by molar-refractivity contribution is 7.80. The number of anilines is 1. The number of thiocarbonyl (C=S) groups is 1. The monoisotopic (exact) mass is 342 g/mol. The molecule has 0 atom stereocenters. The molecule has 3 rings (SSSR count). The second kappa shape index (κ2) is 8.29. The van der Waals surface area contributed by atoms with Crippen molar-refractivity contribution in [2.45, 2.75) is 58.0 Å². The van der Waals surface area contributed by atoms with E-state index in [1.165, 1.54) is 49.7 Å². The molecule has 1 fully saturated rings. The molecule has 2 N–H and O–H groups in total. The largest absolute Gasteiger partial charge is 0.360 e. The summed E-state index contributed by atoms with van der Waals surface area (Å²) in [6.07, 6.45) is 11.6. The van der Waals surface area contributed by atoms with Gasteiger partial charge in [-0.05, 0) is 43.1 Å². The topological polar surface area (TPSA) is 41.9 Å². The van der Waals surface area contributed by atoms with E-state index in [0.29, 0.717) is 11.2 Å². The highest BCUT2D eigenvalue weighted by Crippen LogP contribution is 2.17. The molecule has 1 saturated carbocycles. The Kier molecular flexibility index (Phi) is 5.86. The first-order valence-electron chi connectivity index (χ1n) is 8.85. The molecule has 0 amide bonds. The average molecular weight is 343 g/mol. The van der Waals surface area contributed by atoms with Crippen LogP contribution in [0.3, 0.4) is 0 Å². The molecule has 1 aliphatic rings. The average Bonchev–Trinajstić information content (AvgIpc) is 2.83. The fraction of sp³-hybridized carbons (Fsp3) is 0.474. The first-order chi connectivity index (χ1) is 11.7. The molecular weight excluding hydrogens is 316 g/mol. The minimum Gasteiger partial charge on any atom is -0.360 e. The second-order valence-corrected chi connectivity index (χ2v) is 7.05. The Labute approximate surface area is 149 Å². The number of aromatic nitrogens is 2. The van der Waals surface area contributed by atoms with E-state index in [-0.39, 0.29) is 0 Å².